The molecule has 6 nitrogen and oxygen atoms in total. The van der Waals surface area contributed by atoms with Crippen LogP contribution in [0.1, 0.15) is 18.0 Å². The largest absolute Gasteiger partial charge is 0.289 e. The molecule has 114 valence electrons. The van der Waals surface area contributed by atoms with E-state index in [1.54, 1.807) is 54.0 Å². The highest BCUT2D eigenvalue weighted by Gasteiger charge is 2.43. The highest BCUT2D eigenvalue weighted by Crippen LogP contribution is 2.44. The van der Waals surface area contributed by atoms with E-state index in [0.29, 0.717) is 11.3 Å². The SMILES string of the molecule is O=C(C[C@@H]1c2ccccc2S(=O)(=O)N1c1ccccc1)NO. The molecule has 0 spiro atoms. The van der Waals surface area contributed by atoms with E-state index in [4.69, 9.17) is 5.21 Å². The van der Waals surface area contributed by atoms with Crippen molar-refractivity contribution in [3.05, 3.63) is 60.2 Å². The molecule has 0 aliphatic carbocycles. The van der Waals surface area contributed by atoms with Crippen LogP contribution < -0.4 is 9.79 Å². The maximum atomic E-state index is 12.8. The summed E-state index contributed by atoms with van der Waals surface area (Å²) in [6.45, 7) is 0. The van der Waals surface area contributed by atoms with Crippen molar-refractivity contribution < 1.29 is 18.4 Å². The lowest BCUT2D eigenvalue weighted by atomic mass is 10.0. The van der Waals surface area contributed by atoms with Crippen molar-refractivity contribution >= 4 is 21.6 Å². The van der Waals surface area contributed by atoms with E-state index in [1.807, 2.05) is 0 Å². The summed E-state index contributed by atoms with van der Waals surface area (Å²) >= 11 is 0. The zero-order chi connectivity index (χ0) is 15.7. The third-order valence-corrected chi connectivity index (χ3v) is 5.52. The number of nitrogens with one attached hydrogen (secondary N) is 1. The summed E-state index contributed by atoms with van der Waals surface area (Å²) < 4.78 is 26.8. The van der Waals surface area contributed by atoms with Gasteiger partial charge in [0.15, 0.2) is 0 Å². The maximum Gasteiger partial charge on any atom is 0.265 e. The Morgan fingerprint density at radius 2 is 1.73 bits per heavy atom. The Balaban J connectivity index is 2.16. The van der Waals surface area contributed by atoms with Crippen molar-refractivity contribution in [3.8, 4) is 0 Å². The first-order valence-corrected chi connectivity index (χ1v) is 8.11. The number of para-hydroxylation sites is 1. The van der Waals surface area contributed by atoms with E-state index in [2.05, 4.69) is 0 Å². The van der Waals surface area contributed by atoms with E-state index in [9.17, 15) is 13.2 Å². The molecule has 2 aromatic rings. The number of carbonyl (C=O) groups is 1. The summed E-state index contributed by atoms with van der Waals surface area (Å²) in [5.74, 6) is -0.641. The van der Waals surface area contributed by atoms with Gasteiger partial charge in [0.25, 0.3) is 10.0 Å². The van der Waals surface area contributed by atoms with E-state index < -0.39 is 22.0 Å². The van der Waals surface area contributed by atoms with Gasteiger partial charge in [0.05, 0.1) is 23.0 Å². The van der Waals surface area contributed by atoms with E-state index in [-0.39, 0.29) is 11.3 Å². The van der Waals surface area contributed by atoms with Crippen molar-refractivity contribution in [2.75, 3.05) is 4.31 Å². The summed E-state index contributed by atoms with van der Waals surface area (Å²) in [5, 5.41) is 8.76. The van der Waals surface area contributed by atoms with Gasteiger partial charge in [-0.25, -0.2) is 13.9 Å². The minimum absolute atomic E-state index is 0.165. The van der Waals surface area contributed by atoms with Crippen molar-refractivity contribution in [2.45, 2.75) is 17.4 Å². The number of carbonyl (C=O) groups excluding carboxylic acids is 1. The van der Waals surface area contributed by atoms with Crippen LogP contribution in [0, 0.1) is 0 Å². The van der Waals surface area contributed by atoms with Crippen LogP contribution in [0.15, 0.2) is 59.5 Å². The highest BCUT2D eigenvalue weighted by molar-refractivity contribution is 7.93. The van der Waals surface area contributed by atoms with Gasteiger partial charge in [-0.15, -0.1) is 0 Å². The second-order valence-corrected chi connectivity index (χ2v) is 6.71. The molecule has 1 heterocycles. The van der Waals surface area contributed by atoms with Gasteiger partial charge in [-0.2, -0.15) is 0 Å². The van der Waals surface area contributed by atoms with Crippen LogP contribution in [-0.2, 0) is 14.8 Å². The Morgan fingerprint density at radius 1 is 1.09 bits per heavy atom. The van der Waals surface area contributed by atoms with Crippen molar-refractivity contribution in [1.29, 1.82) is 0 Å². The molecule has 2 N–H and O–H groups in total. The molecule has 1 amide bonds. The molecule has 0 fully saturated rings. The van der Waals surface area contributed by atoms with Crippen LogP contribution in [0.2, 0.25) is 0 Å². The quantitative estimate of drug-likeness (QED) is 0.668. The fourth-order valence-corrected chi connectivity index (χ4v) is 4.59. The number of hydroxylamine groups is 1. The Bertz CT molecular complexity index is 805. The fourth-order valence-electron chi connectivity index (χ4n) is 2.70. The predicted octanol–water partition coefficient (Wildman–Crippen LogP) is 1.83. The van der Waals surface area contributed by atoms with Crippen molar-refractivity contribution in [1.82, 2.24) is 5.48 Å². The third kappa shape index (κ3) is 2.24. The molecule has 3 rings (SSSR count). The van der Waals surface area contributed by atoms with Crippen LogP contribution in [0.3, 0.4) is 0 Å². The smallest absolute Gasteiger partial charge is 0.265 e. The van der Waals surface area contributed by atoms with E-state index >= 15 is 0 Å². The molecule has 2 aromatic carbocycles. The van der Waals surface area contributed by atoms with Gasteiger partial charge in [-0.1, -0.05) is 36.4 Å². The number of hydrogen-bond donors (Lipinski definition) is 2. The molecule has 1 atom stereocenters. The van der Waals surface area contributed by atoms with Crippen LogP contribution in [0.25, 0.3) is 0 Å². The van der Waals surface area contributed by atoms with Gasteiger partial charge in [0, 0.05) is 0 Å². The van der Waals surface area contributed by atoms with Gasteiger partial charge >= 0.3 is 0 Å². The first-order valence-electron chi connectivity index (χ1n) is 6.67. The molecule has 0 bridgehead atoms. The number of amides is 1. The normalized spacial score (nSPS) is 18.8. The molecule has 22 heavy (non-hydrogen) atoms. The lowest BCUT2D eigenvalue weighted by Crippen LogP contribution is -2.32. The first-order chi connectivity index (χ1) is 10.6. The lowest BCUT2D eigenvalue weighted by molar-refractivity contribution is -0.129. The summed E-state index contributed by atoms with van der Waals surface area (Å²) in [6.07, 6.45) is -0.165. The molecular weight excluding hydrogens is 304 g/mol. The number of hydrogen-bond acceptors (Lipinski definition) is 4. The molecular formula is C15H14N2O4S. The number of nitrogens with zero attached hydrogens (tertiary/aromatic N) is 1. The number of anilines is 1. The van der Waals surface area contributed by atoms with Crippen LogP contribution in [0.4, 0.5) is 5.69 Å². The molecule has 1 aliphatic rings. The van der Waals surface area contributed by atoms with Gasteiger partial charge < -0.3 is 0 Å². The number of fused-ring (bicyclic) bond motifs is 1. The van der Waals surface area contributed by atoms with Gasteiger partial charge in [0.2, 0.25) is 5.91 Å². The van der Waals surface area contributed by atoms with E-state index in [0.717, 1.165) is 0 Å². The first kappa shape index (κ1) is 14.6. The van der Waals surface area contributed by atoms with Crippen LogP contribution in [0.5, 0.6) is 0 Å². The Labute approximate surface area is 128 Å². The highest BCUT2D eigenvalue weighted by atomic mass is 32.2. The van der Waals surface area contributed by atoms with E-state index in [1.165, 1.54) is 10.4 Å². The maximum absolute atomic E-state index is 12.8. The fraction of sp³-hybridized carbons (Fsp3) is 0.133. The average Bonchev–Trinajstić information content (AvgIpc) is 2.76. The van der Waals surface area contributed by atoms with Crippen molar-refractivity contribution in [2.24, 2.45) is 0 Å². The van der Waals surface area contributed by atoms with Crippen LogP contribution >= 0.6 is 0 Å². The number of benzene rings is 2. The van der Waals surface area contributed by atoms with Gasteiger partial charge in [0.1, 0.15) is 0 Å². The Kier molecular flexibility index (Phi) is 3.59. The number of rotatable bonds is 3. The molecule has 0 saturated carbocycles. The summed E-state index contributed by atoms with van der Waals surface area (Å²) in [7, 11) is -3.73. The summed E-state index contributed by atoms with van der Waals surface area (Å²) in [4.78, 5) is 11.8. The second kappa shape index (κ2) is 5.43. The monoisotopic (exact) mass is 318 g/mol. The van der Waals surface area contributed by atoms with Gasteiger partial charge in [-0.3, -0.25) is 14.3 Å². The Morgan fingerprint density at radius 3 is 2.41 bits per heavy atom. The molecule has 0 unspecified atom stereocenters. The minimum Gasteiger partial charge on any atom is -0.289 e. The van der Waals surface area contributed by atoms with Gasteiger partial charge in [-0.05, 0) is 23.8 Å². The van der Waals surface area contributed by atoms with Crippen LogP contribution in [-0.4, -0.2) is 19.5 Å². The third-order valence-electron chi connectivity index (χ3n) is 3.61. The predicted molar refractivity (Wildman–Crippen MR) is 79.8 cm³/mol. The molecule has 7 heteroatoms. The number of sulfonamides is 1. The summed E-state index contributed by atoms with van der Waals surface area (Å²) in [5.41, 5.74) is 2.59. The minimum atomic E-state index is -3.73. The molecule has 0 saturated heterocycles. The standard InChI is InChI=1S/C15H14N2O4S/c18-15(16-19)10-13-12-8-4-5-9-14(12)22(20,21)17(13)11-6-2-1-3-7-11/h1-9,13,19H,10H2,(H,16,18)/t13-/m1/s1. The zero-order valence-electron chi connectivity index (χ0n) is 11.5. The second-order valence-electron chi connectivity index (χ2n) is 4.93. The topological polar surface area (TPSA) is 86.7 Å². The molecule has 0 radical (unpaired) electrons. The summed E-state index contributed by atoms with van der Waals surface area (Å²) in [6, 6.07) is 14.5. The average molecular weight is 318 g/mol. The lowest BCUT2D eigenvalue weighted by Gasteiger charge is -2.25. The molecule has 0 aromatic heterocycles. The molecule has 1 aliphatic heterocycles. The zero-order valence-corrected chi connectivity index (χ0v) is 12.3. The Hall–Kier alpha value is -2.38. The van der Waals surface area contributed by atoms with Crippen molar-refractivity contribution in [3.63, 3.8) is 0 Å².